The molecular weight excluding hydrogens is 280 g/mol. The van der Waals surface area contributed by atoms with Gasteiger partial charge in [-0.15, -0.1) is 11.8 Å². The van der Waals surface area contributed by atoms with E-state index in [0.717, 1.165) is 29.3 Å². The fraction of sp³-hybridized carbons (Fsp3) is 0.235. The molecule has 0 radical (unpaired) electrons. The van der Waals surface area contributed by atoms with Crippen LogP contribution in [0.4, 0.5) is 5.69 Å². The van der Waals surface area contributed by atoms with Crippen LogP contribution in [0.15, 0.2) is 54.6 Å². The number of amides is 1. The van der Waals surface area contributed by atoms with Gasteiger partial charge < -0.3 is 5.32 Å². The van der Waals surface area contributed by atoms with Crippen molar-refractivity contribution in [3.63, 3.8) is 0 Å². The Morgan fingerprint density at radius 1 is 1.14 bits per heavy atom. The first-order valence-electron chi connectivity index (χ1n) is 7.07. The Hall–Kier alpha value is -1.78. The highest BCUT2D eigenvalue weighted by Gasteiger charge is 2.22. The first kappa shape index (κ1) is 14.2. The molecule has 0 aromatic heterocycles. The van der Waals surface area contributed by atoms with Crippen LogP contribution in [0.2, 0.25) is 0 Å². The number of hydrogen-bond donors (Lipinski definition) is 2. The third-order valence-electron chi connectivity index (χ3n) is 3.55. The second-order valence-electron chi connectivity index (χ2n) is 5.08. The molecule has 21 heavy (non-hydrogen) atoms. The summed E-state index contributed by atoms with van der Waals surface area (Å²) in [6, 6.07) is 18.2. The molecule has 108 valence electrons. The van der Waals surface area contributed by atoms with E-state index in [1.54, 1.807) is 11.8 Å². The van der Waals surface area contributed by atoms with Gasteiger partial charge in [-0.05, 0) is 23.6 Å². The lowest BCUT2D eigenvalue weighted by Gasteiger charge is -2.14. The number of thioether (sulfide) groups is 1. The van der Waals surface area contributed by atoms with Crippen LogP contribution >= 0.6 is 11.8 Å². The second-order valence-corrected chi connectivity index (χ2v) is 6.11. The second kappa shape index (κ2) is 6.78. The number of carbonyl (C=O) groups is 1. The van der Waals surface area contributed by atoms with E-state index in [1.165, 1.54) is 5.56 Å². The van der Waals surface area contributed by atoms with Crippen LogP contribution in [0.3, 0.4) is 0 Å². The fourth-order valence-corrected chi connectivity index (χ4v) is 3.34. The molecule has 3 rings (SSSR count). The van der Waals surface area contributed by atoms with Gasteiger partial charge in [0.2, 0.25) is 5.91 Å². The van der Waals surface area contributed by atoms with Crippen LogP contribution in [0.25, 0.3) is 0 Å². The maximum atomic E-state index is 12.2. The molecule has 0 aliphatic carbocycles. The van der Waals surface area contributed by atoms with Gasteiger partial charge in [0.05, 0.1) is 6.04 Å². The van der Waals surface area contributed by atoms with Gasteiger partial charge in [0.1, 0.15) is 0 Å². The predicted octanol–water partition coefficient (Wildman–Crippen LogP) is 2.88. The van der Waals surface area contributed by atoms with Crippen LogP contribution in [0.5, 0.6) is 0 Å². The van der Waals surface area contributed by atoms with Crippen molar-refractivity contribution in [3.05, 3.63) is 65.7 Å². The smallest absolute Gasteiger partial charge is 0.242 e. The summed E-state index contributed by atoms with van der Waals surface area (Å²) in [6.07, 6.45) is 0.824. The summed E-state index contributed by atoms with van der Waals surface area (Å²) in [6.45, 7) is 0. The summed E-state index contributed by atoms with van der Waals surface area (Å²) in [5, 5.41) is 6.25. The maximum absolute atomic E-state index is 12.2. The Kier molecular flexibility index (Phi) is 4.58. The van der Waals surface area contributed by atoms with Crippen molar-refractivity contribution in [2.45, 2.75) is 12.5 Å². The van der Waals surface area contributed by atoms with Gasteiger partial charge in [0.15, 0.2) is 0 Å². The lowest BCUT2D eigenvalue weighted by atomic mass is 10.0. The zero-order valence-corrected chi connectivity index (χ0v) is 12.5. The Morgan fingerprint density at radius 2 is 1.90 bits per heavy atom. The Bertz CT molecular complexity index is 609. The van der Waals surface area contributed by atoms with E-state index in [9.17, 15) is 4.79 Å². The van der Waals surface area contributed by atoms with Crippen molar-refractivity contribution in [2.75, 3.05) is 16.9 Å². The van der Waals surface area contributed by atoms with E-state index in [0.29, 0.717) is 0 Å². The highest BCUT2D eigenvalue weighted by atomic mass is 32.2. The van der Waals surface area contributed by atoms with Crippen LogP contribution in [0, 0.1) is 0 Å². The largest absolute Gasteiger partial charge is 0.324 e. The van der Waals surface area contributed by atoms with Crippen LogP contribution < -0.4 is 10.6 Å². The summed E-state index contributed by atoms with van der Waals surface area (Å²) < 4.78 is 0. The molecule has 0 spiro atoms. The van der Waals surface area contributed by atoms with Crippen molar-refractivity contribution in [3.8, 4) is 0 Å². The molecule has 1 unspecified atom stereocenters. The number of anilines is 1. The molecule has 2 aromatic rings. The number of rotatable bonds is 4. The highest BCUT2D eigenvalue weighted by Crippen LogP contribution is 2.20. The molecule has 2 N–H and O–H groups in total. The molecule has 1 fully saturated rings. The SMILES string of the molecule is O=C(Nc1ccccc1Cc1ccccc1)C1CSCN1. The van der Waals surface area contributed by atoms with E-state index in [-0.39, 0.29) is 11.9 Å². The van der Waals surface area contributed by atoms with Crippen LogP contribution in [0.1, 0.15) is 11.1 Å². The Labute approximate surface area is 129 Å². The zero-order valence-electron chi connectivity index (χ0n) is 11.7. The molecule has 1 saturated heterocycles. The number of nitrogens with one attached hydrogen (secondary N) is 2. The average molecular weight is 298 g/mol. The first-order valence-corrected chi connectivity index (χ1v) is 8.22. The van der Waals surface area contributed by atoms with Gasteiger partial charge in [-0.3, -0.25) is 10.1 Å². The lowest BCUT2D eigenvalue weighted by molar-refractivity contribution is -0.117. The van der Waals surface area contributed by atoms with Crippen molar-refractivity contribution in [2.24, 2.45) is 0 Å². The summed E-state index contributed by atoms with van der Waals surface area (Å²) in [7, 11) is 0. The molecule has 3 nitrogen and oxygen atoms in total. The topological polar surface area (TPSA) is 41.1 Å². The van der Waals surface area contributed by atoms with Crippen LogP contribution in [-0.2, 0) is 11.2 Å². The molecule has 0 bridgehead atoms. The number of carbonyl (C=O) groups excluding carboxylic acids is 1. The molecule has 1 aliphatic rings. The van der Waals surface area contributed by atoms with Crippen molar-refractivity contribution >= 4 is 23.4 Å². The third-order valence-corrected chi connectivity index (χ3v) is 4.49. The fourth-order valence-electron chi connectivity index (χ4n) is 2.40. The third kappa shape index (κ3) is 3.65. The van der Waals surface area contributed by atoms with Gasteiger partial charge in [-0.25, -0.2) is 0 Å². The maximum Gasteiger partial charge on any atom is 0.242 e. The molecule has 0 saturated carbocycles. The molecule has 1 heterocycles. The van der Waals surface area contributed by atoms with E-state index >= 15 is 0 Å². The Morgan fingerprint density at radius 3 is 2.67 bits per heavy atom. The lowest BCUT2D eigenvalue weighted by Crippen LogP contribution is -2.37. The minimum absolute atomic E-state index is 0.0560. The summed E-state index contributed by atoms with van der Waals surface area (Å²) in [4.78, 5) is 12.2. The summed E-state index contributed by atoms with van der Waals surface area (Å²) >= 11 is 1.76. The standard InChI is InChI=1S/C17H18N2OS/c20-17(16-11-21-12-18-16)19-15-9-5-4-8-14(15)10-13-6-2-1-3-7-13/h1-9,16,18H,10-12H2,(H,19,20). The van der Waals surface area contributed by atoms with Crippen LogP contribution in [-0.4, -0.2) is 23.6 Å². The molecule has 1 atom stereocenters. The van der Waals surface area contributed by atoms with Crippen molar-refractivity contribution in [1.82, 2.24) is 5.32 Å². The molecule has 1 amide bonds. The normalized spacial score (nSPS) is 17.6. The molecular formula is C17H18N2OS. The quantitative estimate of drug-likeness (QED) is 0.912. The van der Waals surface area contributed by atoms with E-state index < -0.39 is 0 Å². The van der Waals surface area contributed by atoms with Gasteiger partial charge in [-0.2, -0.15) is 0 Å². The average Bonchev–Trinajstić information content (AvgIpc) is 3.05. The van der Waals surface area contributed by atoms with Gasteiger partial charge >= 0.3 is 0 Å². The minimum atomic E-state index is -0.0835. The van der Waals surface area contributed by atoms with E-state index in [1.807, 2.05) is 36.4 Å². The Balaban J connectivity index is 1.74. The van der Waals surface area contributed by atoms with E-state index in [4.69, 9.17) is 0 Å². The number of benzene rings is 2. The molecule has 1 aliphatic heterocycles. The predicted molar refractivity (Wildman–Crippen MR) is 88.6 cm³/mol. The summed E-state index contributed by atoms with van der Waals surface area (Å²) in [5.74, 6) is 1.75. The monoisotopic (exact) mass is 298 g/mol. The van der Waals surface area contributed by atoms with Gasteiger partial charge in [0, 0.05) is 17.3 Å². The number of para-hydroxylation sites is 1. The minimum Gasteiger partial charge on any atom is -0.324 e. The summed E-state index contributed by atoms with van der Waals surface area (Å²) in [5.41, 5.74) is 3.29. The zero-order chi connectivity index (χ0) is 14.5. The molecule has 4 heteroatoms. The highest BCUT2D eigenvalue weighted by molar-refractivity contribution is 7.99. The first-order chi connectivity index (χ1) is 10.3. The molecule has 2 aromatic carbocycles. The van der Waals surface area contributed by atoms with E-state index in [2.05, 4.69) is 28.8 Å². The van der Waals surface area contributed by atoms with Crippen molar-refractivity contribution in [1.29, 1.82) is 0 Å². The number of hydrogen-bond acceptors (Lipinski definition) is 3. The van der Waals surface area contributed by atoms with Crippen molar-refractivity contribution < 1.29 is 4.79 Å². The van der Waals surface area contributed by atoms with Gasteiger partial charge in [0.25, 0.3) is 0 Å². The van der Waals surface area contributed by atoms with Gasteiger partial charge in [-0.1, -0.05) is 48.5 Å².